The van der Waals surface area contributed by atoms with Crippen molar-refractivity contribution in [3.63, 3.8) is 0 Å². The van der Waals surface area contributed by atoms with Gasteiger partial charge < -0.3 is 5.32 Å². The Hall–Kier alpha value is -1.89. The minimum absolute atomic E-state index is 0.133. The molecule has 2 heterocycles. The van der Waals surface area contributed by atoms with E-state index in [2.05, 4.69) is 15.3 Å². The maximum Gasteiger partial charge on any atom is 0.237 e. The number of anilines is 1. The van der Waals surface area contributed by atoms with E-state index in [1.165, 1.54) is 23.1 Å². The smallest absolute Gasteiger partial charge is 0.237 e. The number of aromatic nitrogens is 2. The van der Waals surface area contributed by atoms with Crippen molar-refractivity contribution in [2.75, 3.05) is 5.32 Å². The van der Waals surface area contributed by atoms with Crippen LogP contribution in [-0.2, 0) is 4.79 Å². The lowest BCUT2D eigenvalue weighted by atomic mass is 10.2. The maximum atomic E-state index is 12.3. The number of nitrogens with one attached hydrogen (secondary N) is 1. The Kier molecular flexibility index (Phi) is 5.50. The molecule has 0 unspecified atom stereocenters. The normalized spacial score (nSPS) is 11.9. The average molecular weight is 376 g/mol. The number of hydrogen-bond acceptors (Lipinski definition) is 5. The summed E-state index contributed by atoms with van der Waals surface area (Å²) in [5.74, 6) is -0.133. The zero-order chi connectivity index (χ0) is 16.9. The van der Waals surface area contributed by atoms with Crippen LogP contribution < -0.4 is 5.32 Å². The van der Waals surface area contributed by atoms with Gasteiger partial charge in [0.2, 0.25) is 5.91 Å². The molecule has 0 radical (unpaired) electrons. The molecule has 0 fully saturated rings. The van der Waals surface area contributed by atoms with Crippen LogP contribution in [0, 0.1) is 0 Å². The number of benzene rings is 1. The first-order valence-electron chi connectivity index (χ1n) is 7.22. The topological polar surface area (TPSA) is 54.9 Å². The number of halogens is 1. The fourth-order valence-electron chi connectivity index (χ4n) is 1.97. The lowest BCUT2D eigenvalue weighted by molar-refractivity contribution is -0.115. The second-order valence-electron chi connectivity index (χ2n) is 4.96. The Labute approximate surface area is 153 Å². The van der Waals surface area contributed by atoms with Gasteiger partial charge >= 0.3 is 0 Å². The molecule has 1 amide bonds. The number of thiazole rings is 1. The number of pyridine rings is 1. The van der Waals surface area contributed by atoms with Gasteiger partial charge in [0.05, 0.1) is 16.6 Å². The molecule has 0 aliphatic carbocycles. The number of nitrogens with zero attached hydrogens (tertiary/aromatic N) is 2. The third-order valence-corrected chi connectivity index (χ3v) is 5.59. The van der Waals surface area contributed by atoms with Crippen molar-refractivity contribution in [3.8, 4) is 11.3 Å². The number of carbonyl (C=O) groups is 1. The van der Waals surface area contributed by atoms with E-state index in [0.717, 1.165) is 15.6 Å². The van der Waals surface area contributed by atoms with Gasteiger partial charge in [-0.05, 0) is 19.1 Å². The van der Waals surface area contributed by atoms with Crippen molar-refractivity contribution in [1.29, 1.82) is 0 Å². The molecule has 1 N–H and O–H groups in total. The highest BCUT2D eigenvalue weighted by molar-refractivity contribution is 8.02. The molecular formula is C17H14ClN3OS2. The van der Waals surface area contributed by atoms with Crippen molar-refractivity contribution in [2.24, 2.45) is 0 Å². The van der Waals surface area contributed by atoms with E-state index in [9.17, 15) is 4.79 Å². The van der Waals surface area contributed by atoms with Gasteiger partial charge in [0.15, 0.2) is 9.49 Å². The van der Waals surface area contributed by atoms with Crippen LogP contribution in [0.25, 0.3) is 11.3 Å². The number of carbonyl (C=O) groups excluding carboxylic acids is 1. The first-order valence-corrected chi connectivity index (χ1v) is 9.36. The lowest BCUT2D eigenvalue weighted by Gasteiger charge is -2.11. The van der Waals surface area contributed by atoms with Crippen LogP contribution in [0.4, 0.5) is 5.69 Å². The summed E-state index contributed by atoms with van der Waals surface area (Å²) < 4.78 is 0.855. The molecule has 0 spiro atoms. The van der Waals surface area contributed by atoms with Crippen molar-refractivity contribution >= 4 is 46.3 Å². The molecule has 24 heavy (non-hydrogen) atoms. The highest BCUT2D eigenvalue weighted by Crippen LogP contribution is 2.31. The molecular weight excluding hydrogens is 362 g/mol. The van der Waals surface area contributed by atoms with Gasteiger partial charge in [0, 0.05) is 17.1 Å². The largest absolute Gasteiger partial charge is 0.322 e. The van der Waals surface area contributed by atoms with E-state index < -0.39 is 0 Å². The Bertz CT molecular complexity index is 839. The first-order chi connectivity index (χ1) is 11.6. The molecule has 7 heteroatoms. The summed E-state index contributed by atoms with van der Waals surface area (Å²) in [7, 11) is 0. The summed E-state index contributed by atoms with van der Waals surface area (Å²) in [6.07, 6.45) is 1.58. The highest BCUT2D eigenvalue weighted by Gasteiger charge is 2.18. The molecule has 3 aromatic rings. The Morgan fingerprint density at radius 2 is 2.04 bits per heavy atom. The molecule has 0 aliphatic heterocycles. The van der Waals surface area contributed by atoms with Crippen molar-refractivity contribution in [1.82, 2.24) is 9.97 Å². The van der Waals surface area contributed by atoms with Crippen LogP contribution in [0.15, 0.2) is 58.4 Å². The predicted octanol–water partition coefficient (Wildman–Crippen LogP) is 4.98. The average Bonchev–Trinajstić information content (AvgIpc) is 3.06. The molecule has 0 bridgehead atoms. The number of rotatable bonds is 5. The molecule has 1 atom stereocenters. The van der Waals surface area contributed by atoms with Crippen LogP contribution in [0.5, 0.6) is 0 Å². The van der Waals surface area contributed by atoms with Crippen LogP contribution in [-0.4, -0.2) is 21.1 Å². The molecule has 0 aliphatic rings. The minimum Gasteiger partial charge on any atom is -0.322 e. The molecule has 0 saturated heterocycles. The van der Waals surface area contributed by atoms with E-state index in [0.29, 0.717) is 5.69 Å². The molecule has 122 valence electrons. The zero-order valence-electron chi connectivity index (χ0n) is 12.8. The molecule has 1 aromatic carbocycles. The van der Waals surface area contributed by atoms with Gasteiger partial charge in [0.25, 0.3) is 0 Å². The van der Waals surface area contributed by atoms with Gasteiger partial charge in [-0.3, -0.25) is 4.79 Å². The number of amides is 1. The Morgan fingerprint density at radius 1 is 1.25 bits per heavy atom. The van der Waals surface area contributed by atoms with E-state index >= 15 is 0 Å². The van der Waals surface area contributed by atoms with Crippen LogP contribution >= 0.6 is 34.7 Å². The summed E-state index contributed by atoms with van der Waals surface area (Å²) >= 11 is 8.92. The van der Waals surface area contributed by atoms with Gasteiger partial charge in [-0.15, -0.1) is 11.3 Å². The van der Waals surface area contributed by atoms with E-state index in [1.54, 1.807) is 18.3 Å². The van der Waals surface area contributed by atoms with Crippen molar-refractivity contribution < 1.29 is 4.79 Å². The maximum absolute atomic E-state index is 12.3. The summed E-state index contributed by atoms with van der Waals surface area (Å²) in [4.78, 5) is 20.8. The van der Waals surface area contributed by atoms with Gasteiger partial charge in [-0.25, -0.2) is 9.97 Å². The third-order valence-electron chi connectivity index (χ3n) is 3.22. The van der Waals surface area contributed by atoms with Crippen LogP contribution in [0.3, 0.4) is 0 Å². The van der Waals surface area contributed by atoms with E-state index in [-0.39, 0.29) is 16.3 Å². The standard InChI is InChI=1S/C17H14ClN3OS2/c1-11(16(22)20-13-8-5-9-19-15(13)18)24-17-21-14(10-23-17)12-6-3-2-4-7-12/h2-11H,1H3,(H,20,22)/t11-/m1/s1. The Balaban J connectivity index is 1.65. The molecule has 0 saturated carbocycles. The summed E-state index contributed by atoms with van der Waals surface area (Å²) in [5, 5.41) is 4.78. The monoisotopic (exact) mass is 375 g/mol. The first kappa shape index (κ1) is 17.0. The van der Waals surface area contributed by atoms with Crippen molar-refractivity contribution in [2.45, 2.75) is 16.5 Å². The van der Waals surface area contributed by atoms with E-state index in [4.69, 9.17) is 11.6 Å². The summed E-state index contributed by atoms with van der Waals surface area (Å²) in [6.45, 7) is 1.84. The molecule has 2 aromatic heterocycles. The van der Waals surface area contributed by atoms with Gasteiger partial charge in [-0.1, -0.05) is 53.7 Å². The van der Waals surface area contributed by atoms with Crippen LogP contribution in [0.2, 0.25) is 5.15 Å². The second-order valence-corrected chi connectivity index (χ2v) is 7.76. The Morgan fingerprint density at radius 3 is 2.79 bits per heavy atom. The highest BCUT2D eigenvalue weighted by atomic mass is 35.5. The van der Waals surface area contributed by atoms with Crippen molar-refractivity contribution in [3.05, 3.63) is 59.2 Å². The fourth-order valence-corrected chi connectivity index (χ4v) is 4.11. The van der Waals surface area contributed by atoms with E-state index in [1.807, 2.05) is 42.6 Å². The minimum atomic E-state index is -0.295. The van der Waals surface area contributed by atoms with Gasteiger partial charge in [0.1, 0.15) is 0 Å². The van der Waals surface area contributed by atoms with Gasteiger partial charge in [-0.2, -0.15) is 0 Å². The predicted molar refractivity (Wildman–Crippen MR) is 101 cm³/mol. The molecule has 4 nitrogen and oxygen atoms in total. The van der Waals surface area contributed by atoms with Crippen LogP contribution in [0.1, 0.15) is 6.92 Å². The summed E-state index contributed by atoms with van der Waals surface area (Å²) in [5.41, 5.74) is 2.51. The number of hydrogen-bond donors (Lipinski definition) is 1. The second kappa shape index (κ2) is 7.79. The fraction of sp³-hybridized carbons (Fsp3) is 0.118. The lowest BCUT2D eigenvalue weighted by Crippen LogP contribution is -2.22. The summed E-state index contributed by atoms with van der Waals surface area (Å²) in [6, 6.07) is 13.4. The number of thioether (sulfide) groups is 1. The molecule has 3 rings (SSSR count). The SMILES string of the molecule is C[C@@H](Sc1nc(-c2ccccc2)cs1)C(=O)Nc1cccnc1Cl. The third kappa shape index (κ3) is 4.14. The quantitative estimate of drug-likeness (QED) is 0.504. The zero-order valence-corrected chi connectivity index (χ0v) is 15.2.